The second-order valence-corrected chi connectivity index (χ2v) is 6.92. The zero-order valence-electron chi connectivity index (χ0n) is 15.1. The Morgan fingerprint density at radius 3 is 2.00 bits per heavy atom. The van der Waals surface area contributed by atoms with E-state index in [4.69, 9.17) is 15.5 Å². The van der Waals surface area contributed by atoms with Gasteiger partial charge in [-0.15, -0.1) is 0 Å². The number of nitrogens with zero attached hydrogens (tertiary/aromatic N) is 1. The average molecular weight is 342 g/mol. The Labute approximate surface area is 154 Å². The number of hydrogen-bond acceptors (Lipinski definition) is 3. The van der Waals surface area contributed by atoms with Crippen LogP contribution in [-0.2, 0) is 10.3 Å². The summed E-state index contributed by atoms with van der Waals surface area (Å²) in [6.07, 6.45) is 0. The molecule has 3 heteroatoms. The highest BCUT2D eigenvalue weighted by Gasteiger charge is 2.40. The first-order valence-electron chi connectivity index (χ1n) is 8.80. The molecule has 3 aromatic rings. The Bertz CT molecular complexity index is 993. The van der Waals surface area contributed by atoms with Crippen LogP contribution in [-0.4, -0.2) is 12.6 Å². The lowest BCUT2D eigenvalue weighted by atomic mass is 9.82. The molecule has 1 unspecified atom stereocenters. The molecule has 0 bridgehead atoms. The van der Waals surface area contributed by atoms with Gasteiger partial charge in [0.15, 0.2) is 5.54 Å². The SMILES string of the molecule is Cc1cccc(-c2cccc(C3(c4cccc(C)c4)COC(N)=N3)c2)c1. The predicted octanol–water partition coefficient (Wildman–Crippen LogP) is 4.56. The van der Waals surface area contributed by atoms with E-state index in [2.05, 4.69) is 86.6 Å². The minimum Gasteiger partial charge on any atom is -0.462 e. The van der Waals surface area contributed by atoms with Crippen molar-refractivity contribution in [1.29, 1.82) is 0 Å². The van der Waals surface area contributed by atoms with Gasteiger partial charge in [-0.25, -0.2) is 4.99 Å². The van der Waals surface area contributed by atoms with Crippen molar-refractivity contribution >= 4 is 6.02 Å². The molecule has 1 aliphatic rings. The molecule has 0 spiro atoms. The highest BCUT2D eigenvalue weighted by Crippen LogP contribution is 2.39. The molecular formula is C23H22N2O. The summed E-state index contributed by atoms with van der Waals surface area (Å²) in [6.45, 7) is 4.61. The van der Waals surface area contributed by atoms with Gasteiger partial charge >= 0.3 is 0 Å². The zero-order chi connectivity index (χ0) is 18.1. The first kappa shape index (κ1) is 16.4. The minimum absolute atomic E-state index is 0.243. The summed E-state index contributed by atoms with van der Waals surface area (Å²) in [7, 11) is 0. The van der Waals surface area contributed by atoms with Gasteiger partial charge in [-0.1, -0.05) is 77.9 Å². The van der Waals surface area contributed by atoms with E-state index in [1.165, 1.54) is 22.3 Å². The second-order valence-electron chi connectivity index (χ2n) is 6.92. The van der Waals surface area contributed by atoms with Crippen LogP contribution in [0.4, 0.5) is 0 Å². The molecule has 0 aromatic heterocycles. The molecule has 1 heterocycles. The molecule has 0 fully saturated rings. The first-order chi connectivity index (χ1) is 12.6. The predicted molar refractivity (Wildman–Crippen MR) is 106 cm³/mol. The fourth-order valence-electron chi connectivity index (χ4n) is 3.58. The van der Waals surface area contributed by atoms with Crippen LogP contribution in [0.3, 0.4) is 0 Å². The molecule has 0 amide bonds. The Hall–Kier alpha value is -3.07. The molecule has 4 rings (SSSR count). The van der Waals surface area contributed by atoms with Crippen LogP contribution in [0.1, 0.15) is 22.3 Å². The van der Waals surface area contributed by atoms with E-state index in [-0.39, 0.29) is 6.02 Å². The third-order valence-corrected chi connectivity index (χ3v) is 4.92. The lowest BCUT2D eigenvalue weighted by molar-refractivity contribution is 0.278. The minimum atomic E-state index is -0.601. The van der Waals surface area contributed by atoms with E-state index in [0.717, 1.165) is 11.1 Å². The molecule has 0 saturated heterocycles. The van der Waals surface area contributed by atoms with Crippen LogP contribution >= 0.6 is 0 Å². The van der Waals surface area contributed by atoms with E-state index in [9.17, 15) is 0 Å². The highest BCUT2D eigenvalue weighted by atomic mass is 16.5. The van der Waals surface area contributed by atoms with Crippen LogP contribution in [0.25, 0.3) is 11.1 Å². The quantitative estimate of drug-likeness (QED) is 0.758. The summed E-state index contributed by atoms with van der Waals surface area (Å²) in [5.41, 5.74) is 12.3. The van der Waals surface area contributed by atoms with Crippen molar-refractivity contribution in [3.63, 3.8) is 0 Å². The molecule has 26 heavy (non-hydrogen) atoms. The molecule has 3 aromatic carbocycles. The van der Waals surface area contributed by atoms with Gasteiger partial charge in [0.05, 0.1) is 0 Å². The lowest BCUT2D eigenvalue weighted by Gasteiger charge is -2.26. The van der Waals surface area contributed by atoms with E-state index < -0.39 is 5.54 Å². The topological polar surface area (TPSA) is 47.6 Å². The van der Waals surface area contributed by atoms with Crippen LogP contribution in [0.15, 0.2) is 77.8 Å². The maximum atomic E-state index is 5.92. The number of amidine groups is 1. The van der Waals surface area contributed by atoms with Gasteiger partial charge in [-0.3, -0.25) is 0 Å². The van der Waals surface area contributed by atoms with Crippen molar-refractivity contribution in [2.24, 2.45) is 10.7 Å². The number of rotatable bonds is 3. The van der Waals surface area contributed by atoms with Crippen LogP contribution in [0.2, 0.25) is 0 Å². The van der Waals surface area contributed by atoms with E-state index in [1.807, 2.05) is 0 Å². The molecule has 2 N–H and O–H groups in total. The number of aliphatic imine (C=N–C) groups is 1. The molecule has 130 valence electrons. The van der Waals surface area contributed by atoms with Crippen molar-refractivity contribution < 1.29 is 4.74 Å². The lowest BCUT2D eigenvalue weighted by Crippen LogP contribution is -2.27. The second kappa shape index (κ2) is 6.34. The van der Waals surface area contributed by atoms with Crippen molar-refractivity contribution in [1.82, 2.24) is 0 Å². The molecule has 0 radical (unpaired) electrons. The normalized spacial score (nSPS) is 19.1. The number of aryl methyl sites for hydroxylation is 2. The standard InChI is InChI=1S/C23H22N2O/c1-16-6-3-8-18(12-16)19-9-5-11-21(14-19)23(15-26-22(24)25-23)20-10-4-7-17(2)13-20/h3-14H,15H2,1-2H3,(H2,24,25). The maximum Gasteiger partial charge on any atom is 0.283 e. The van der Waals surface area contributed by atoms with Gasteiger partial charge in [0.1, 0.15) is 6.61 Å². The number of nitrogens with two attached hydrogens (primary N) is 1. The molecule has 1 aliphatic heterocycles. The van der Waals surface area contributed by atoms with Gasteiger partial charge in [-0.2, -0.15) is 0 Å². The van der Waals surface area contributed by atoms with Gasteiger partial charge < -0.3 is 10.5 Å². The Morgan fingerprint density at radius 2 is 1.38 bits per heavy atom. The third-order valence-electron chi connectivity index (χ3n) is 4.92. The fraction of sp³-hybridized carbons (Fsp3) is 0.174. The summed E-state index contributed by atoms with van der Waals surface area (Å²) in [5, 5.41) is 0. The fourth-order valence-corrected chi connectivity index (χ4v) is 3.58. The number of ether oxygens (including phenoxy) is 1. The van der Waals surface area contributed by atoms with Crippen molar-refractivity contribution in [2.45, 2.75) is 19.4 Å². The first-order valence-corrected chi connectivity index (χ1v) is 8.80. The van der Waals surface area contributed by atoms with E-state index in [1.54, 1.807) is 0 Å². The summed E-state index contributed by atoms with van der Waals surface area (Å²) >= 11 is 0. The Balaban J connectivity index is 1.87. The molecular weight excluding hydrogens is 320 g/mol. The molecule has 1 atom stereocenters. The summed E-state index contributed by atoms with van der Waals surface area (Å²) < 4.78 is 5.61. The van der Waals surface area contributed by atoms with Crippen molar-refractivity contribution in [3.05, 3.63) is 95.1 Å². The Kier molecular flexibility index (Phi) is 4.00. The third kappa shape index (κ3) is 2.86. The van der Waals surface area contributed by atoms with E-state index >= 15 is 0 Å². The zero-order valence-corrected chi connectivity index (χ0v) is 15.1. The summed E-state index contributed by atoms with van der Waals surface area (Å²) in [4.78, 5) is 4.73. The maximum absolute atomic E-state index is 5.92. The number of hydrogen-bond donors (Lipinski definition) is 1. The highest BCUT2D eigenvalue weighted by molar-refractivity contribution is 5.76. The van der Waals surface area contributed by atoms with Crippen LogP contribution in [0, 0.1) is 13.8 Å². The smallest absolute Gasteiger partial charge is 0.283 e. The van der Waals surface area contributed by atoms with E-state index in [0.29, 0.717) is 6.61 Å². The molecule has 3 nitrogen and oxygen atoms in total. The van der Waals surface area contributed by atoms with Crippen molar-refractivity contribution in [2.75, 3.05) is 6.61 Å². The summed E-state index contributed by atoms with van der Waals surface area (Å²) in [6, 6.07) is 25.7. The number of benzene rings is 3. The monoisotopic (exact) mass is 342 g/mol. The van der Waals surface area contributed by atoms with Gasteiger partial charge in [-0.05, 0) is 42.2 Å². The van der Waals surface area contributed by atoms with Crippen LogP contribution < -0.4 is 5.73 Å². The average Bonchev–Trinajstić information content (AvgIpc) is 3.05. The van der Waals surface area contributed by atoms with Gasteiger partial charge in [0.2, 0.25) is 0 Å². The Morgan fingerprint density at radius 1 is 0.808 bits per heavy atom. The molecule has 0 aliphatic carbocycles. The summed E-state index contributed by atoms with van der Waals surface area (Å²) in [5.74, 6) is 0. The van der Waals surface area contributed by atoms with Gasteiger partial charge in [0, 0.05) is 0 Å². The van der Waals surface area contributed by atoms with Crippen LogP contribution in [0.5, 0.6) is 0 Å². The van der Waals surface area contributed by atoms with Crippen molar-refractivity contribution in [3.8, 4) is 11.1 Å². The largest absolute Gasteiger partial charge is 0.462 e. The molecule has 0 saturated carbocycles. The van der Waals surface area contributed by atoms with Gasteiger partial charge in [0.25, 0.3) is 6.02 Å².